The SMILES string of the molecule is C=C(/C=C/c1ccc(Cl)cc1C#CC(C)(C)N)N1CCN(Cc2ccc(F)cc2)CC1C. The number of piperazine rings is 1. The van der Waals surface area contributed by atoms with Gasteiger partial charge in [-0.2, -0.15) is 0 Å². The Morgan fingerprint density at radius 3 is 2.62 bits per heavy atom. The summed E-state index contributed by atoms with van der Waals surface area (Å²) in [6.07, 6.45) is 4.07. The molecule has 0 amide bonds. The van der Waals surface area contributed by atoms with Crippen LogP contribution in [-0.2, 0) is 6.54 Å². The van der Waals surface area contributed by atoms with Gasteiger partial charge in [0.05, 0.1) is 5.54 Å². The first-order valence-electron chi connectivity index (χ1n) is 10.8. The van der Waals surface area contributed by atoms with Gasteiger partial charge in [0.1, 0.15) is 5.82 Å². The van der Waals surface area contributed by atoms with E-state index in [1.54, 1.807) is 0 Å². The van der Waals surface area contributed by atoms with Gasteiger partial charge in [0.25, 0.3) is 0 Å². The van der Waals surface area contributed by atoms with Gasteiger partial charge in [0, 0.05) is 48.5 Å². The first-order chi connectivity index (χ1) is 15.1. The van der Waals surface area contributed by atoms with Crippen molar-refractivity contribution in [3.63, 3.8) is 0 Å². The van der Waals surface area contributed by atoms with E-state index in [2.05, 4.69) is 35.1 Å². The highest BCUT2D eigenvalue weighted by Crippen LogP contribution is 2.21. The highest BCUT2D eigenvalue weighted by Gasteiger charge is 2.23. The zero-order valence-electron chi connectivity index (χ0n) is 19.0. The molecule has 1 atom stereocenters. The molecule has 2 N–H and O–H groups in total. The molecule has 1 unspecified atom stereocenters. The van der Waals surface area contributed by atoms with E-state index in [9.17, 15) is 4.39 Å². The van der Waals surface area contributed by atoms with E-state index in [0.717, 1.165) is 48.6 Å². The molecule has 3 nitrogen and oxygen atoms in total. The van der Waals surface area contributed by atoms with Crippen LogP contribution in [0.3, 0.4) is 0 Å². The number of rotatable bonds is 5. The molecule has 0 aliphatic carbocycles. The summed E-state index contributed by atoms with van der Waals surface area (Å²) in [7, 11) is 0. The van der Waals surface area contributed by atoms with Crippen molar-refractivity contribution in [1.29, 1.82) is 0 Å². The second kappa shape index (κ2) is 10.4. The minimum atomic E-state index is -0.573. The Morgan fingerprint density at radius 1 is 1.25 bits per heavy atom. The molecule has 32 heavy (non-hydrogen) atoms. The Bertz CT molecular complexity index is 1040. The van der Waals surface area contributed by atoms with Crippen LogP contribution in [0.2, 0.25) is 5.02 Å². The van der Waals surface area contributed by atoms with Crippen molar-refractivity contribution >= 4 is 17.7 Å². The molecule has 0 spiro atoms. The van der Waals surface area contributed by atoms with E-state index >= 15 is 0 Å². The standard InChI is InChI=1S/C27H31ClFN3/c1-20(5-8-23-9-10-25(28)17-24(23)13-14-27(3,4)30)32-16-15-31(18-21(32)2)19-22-6-11-26(29)12-7-22/h5-12,17,21H,1,15-16,18-19,30H2,2-4H3/b8-5+. The van der Waals surface area contributed by atoms with Crippen LogP contribution in [0, 0.1) is 17.7 Å². The fourth-order valence-corrected chi connectivity index (χ4v) is 3.92. The molecule has 3 rings (SSSR count). The summed E-state index contributed by atoms with van der Waals surface area (Å²) in [6, 6.07) is 12.8. The lowest BCUT2D eigenvalue weighted by Crippen LogP contribution is -2.50. The molecule has 2 aromatic carbocycles. The summed E-state index contributed by atoms with van der Waals surface area (Å²) < 4.78 is 13.1. The monoisotopic (exact) mass is 451 g/mol. The van der Waals surface area contributed by atoms with Crippen molar-refractivity contribution in [2.24, 2.45) is 5.73 Å². The van der Waals surface area contributed by atoms with E-state index in [4.69, 9.17) is 17.3 Å². The molecule has 1 saturated heterocycles. The zero-order chi connectivity index (χ0) is 23.3. The first-order valence-corrected chi connectivity index (χ1v) is 11.2. The van der Waals surface area contributed by atoms with Crippen molar-refractivity contribution < 1.29 is 4.39 Å². The predicted octanol–water partition coefficient (Wildman–Crippen LogP) is 5.30. The summed E-state index contributed by atoms with van der Waals surface area (Å²) >= 11 is 6.18. The summed E-state index contributed by atoms with van der Waals surface area (Å²) in [4.78, 5) is 4.72. The molecule has 5 heteroatoms. The Hall–Kier alpha value is -2.58. The van der Waals surface area contributed by atoms with Crippen molar-refractivity contribution in [3.8, 4) is 11.8 Å². The van der Waals surface area contributed by atoms with Crippen molar-refractivity contribution in [2.75, 3.05) is 19.6 Å². The fraction of sp³-hybridized carbons (Fsp3) is 0.333. The molecular formula is C27H31ClFN3. The Balaban J connectivity index is 1.65. The molecule has 1 aliphatic heterocycles. The van der Waals surface area contributed by atoms with E-state index in [1.807, 2.05) is 56.3 Å². The quantitative estimate of drug-likeness (QED) is 0.494. The minimum absolute atomic E-state index is 0.198. The number of halogens is 2. The lowest BCUT2D eigenvalue weighted by molar-refractivity contribution is 0.109. The van der Waals surface area contributed by atoms with Crippen LogP contribution >= 0.6 is 11.6 Å². The average Bonchev–Trinajstić information content (AvgIpc) is 2.72. The lowest BCUT2D eigenvalue weighted by atomic mass is 10.0. The van der Waals surface area contributed by atoms with Gasteiger partial charge in [-0.1, -0.05) is 54.3 Å². The summed E-state index contributed by atoms with van der Waals surface area (Å²) in [6.45, 7) is 13.8. The maximum atomic E-state index is 13.1. The number of nitrogens with zero attached hydrogens (tertiary/aromatic N) is 2. The van der Waals surface area contributed by atoms with E-state index in [-0.39, 0.29) is 5.82 Å². The van der Waals surface area contributed by atoms with Gasteiger partial charge in [-0.25, -0.2) is 4.39 Å². The maximum Gasteiger partial charge on any atom is 0.123 e. The van der Waals surface area contributed by atoms with E-state index in [1.165, 1.54) is 12.1 Å². The zero-order valence-corrected chi connectivity index (χ0v) is 19.8. The first kappa shape index (κ1) is 24.1. The Kier molecular flexibility index (Phi) is 7.79. The van der Waals surface area contributed by atoms with Crippen LogP contribution in [0.15, 0.2) is 60.8 Å². The molecular weight excluding hydrogens is 421 g/mol. The summed E-state index contributed by atoms with van der Waals surface area (Å²) in [5.74, 6) is 6.02. The van der Waals surface area contributed by atoms with Gasteiger partial charge in [-0.05, 0) is 62.2 Å². The second-order valence-electron chi connectivity index (χ2n) is 8.93. The van der Waals surface area contributed by atoms with Crippen LogP contribution in [0.4, 0.5) is 4.39 Å². The van der Waals surface area contributed by atoms with Crippen LogP contribution in [0.25, 0.3) is 6.08 Å². The molecule has 0 saturated carbocycles. The molecule has 0 aromatic heterocycles. The molecule has 1 heterocycles. The van der Waals surface area contributed by atoms with Gasteiger partial charge in [0.15, 0.2) is 0 Å². The highest BCUT2D eigenvalue weighted by molar-refractivity contribution is 6.30. The number of nitrogens with two attached hydrogens (primary N) is 1. The van der Waals surface area contributed by atoms with E-state index in [0.29, 0.717) is 11.1 Å². The van der Waals surface area contributed by atoms with Gasteiger partial charge in [-0.15, -0.1) is 0 Å². The third-order valence-corrected chi connectivity index (χ3v) is 5.63. The van der Waals surface area contributed by atoms with Gasteiger partial charge in [-0.3, -0.25) is 4.90 Å². The highest BCUT2D eigenvalue weighted by atomic mass is 35.5. The smallest absolute Gasteiger partial charge is 0.123 e. The normalized spacial score (nSPS) is 17.3. The number of benzene rings is 2. The topological polar surface area (TPSA) is 32.5 Å². The van der Waals surface area contributed by atoms with Gasteiger partial charge < -0.3 is 10.6 Å². The average molecular weight is 452 g/mol. The molecule has 1 fully saturated rings. The molecule has 2 aromatic rings. The maximum absolute atomic E-state index is 13.1. The van der Waals surface area contributed by atoms with Crippen molar-refractivity contribution in [3.05, 3.63) is 88.3 Å². The van der Waals surface area contributed by atoms with E-state index < -0.39 is 5.54 Å². The second-order valence-corrected chi connectivity index (χ2v) is 9.37. The number of hydrogen-bond donors (Lipinski definition) is 1. The summed E-state index contributed by atoms with van der Waals surface area (Å²) in [5.41, 5.74) is 9.35. The van der Waals surface area contributed by atoms with Gasteiger partial charge >= 0.3 is 0 Å². The van der Waals surface area contributed by atoms with Crippen molar-refractivity contribution in [1.82, 2.24) is 9.80 Å². The molecule has 0 radical (unpaired) electrons. The van der Waals surface area contributed by atoms with Crippen LogP contribution < -0.4 is 5.73 Å². The molecule has 1 aliphatic rings. The molecule has 168 valence electrons. The Labute approximate surface area is 196 Å². The Morgan fingerprint density at radius 2 is 1.97 bits per heavy atom. The third-order valence-electron chi connectivity index (χ3n) is 5.39. The number of allylic oxidation sites excluding steroid dienone is 1. The van der Waals surface area contributed by atoms with Crippen LogP contribution in [0.1, 0.15) is 37.5 Å². The van der Waals surface area contributed by atoms with Gasteiger partial charge in [0.2, 0.25) is 0 Å². The van der Waals surface area contributed by atoms with Crippen LogP contribution in [-0.4, -0.2) is 41.0 Å². The lowest BCUT2D eigenvalue weighted by Gasteiger charge is -2.41. The van der Waals surface area contributed by atoms with Crippen molar-refractivity contribution in [2.45, 2.75) is 38.9 Å². The fourth-order valence-electron chi connectivity index (χ4n) is 3.74. The predicted molar refractivity (Wildman–Crippen MR) is 133 cm³/mol. The van der Waals surface area contributed by atoms with Crippen LogP contribution in [0.5, 0.6) is 0 Å². The number of hydrogen-bond acceptors (Lipinski definition) is 3. The summed E-state index contributed by atoms with van der Waals surface area (Å²) in [5, 5.41) is 0.644. The largest absolute Gasteiger partial charge is 0.367 e. The molecule has 0 bridgehead atoms. The third kappa shape index (κ3) is 6.97. The minimum Gasteiger partial charge on any atom is -0.367 e.